The van der Waals surface area contributed by atoms with Crippen molar-refractivity contribution in [3.05, 3.63) is 0 Å². The summed E-state index contributed by atoms with van der Waals surface area (Å²) >= 11 is 0. The molecule has 0 aromatic rings. The van der Waals surface area contributed by atoms with Crippen LogP contribution in [0.3, 0.4) is 0 Å². The van der Waals surface area contributed by atoms with E-state index >= 15 is 0 Å². The van der Waals surface area contributed by atoms with Crippen molar-refractivity contribution in [1.29, 1.82) is 0 Å². The standard InChI is InChI=1S/C12H24O4S/c1-2-3-4-5-6-7-8-9-10-17(15,16)11-12(13)14/h2-11H2,1H3,(H,13,14). The molecule has 0 spiro atoms. The van der Waals surface area contributed by atoms with Crippen LogP contribution >= 0.6 is 0 Å². The molecule has 1 N–H and O–H groups in total. The van der Waals surface area contributed by atoms with Gasteiger partial charge in [0.15, 0.2) is 9.84 Å². The first kappa shape index (κ1) is 16.4. The lowest BCUT2D eigenvalue weighted by molar-refractivity contribution is -0.134. The molecule has 0 aromatic heterocycles. The number of hydrogen-bond donors (Lipinski definition) is 1. The minimum absolute atomic E-state index is 0.00819. The minimum atomic E-state index is -3.38. The van der Waals surface area contributed by atoms with Crippen molar-refractivity contribution in [1.82, 2.24) is 0 Å². The Morgan fingerprint density at radius 1 is 0.941 bits per heavy atom. The number of aliphatic carboxylic acids is 1. The van der Waals surface area contributed by atoms with Crippen molar-refractivity contribution < 1.29 is 18.3 Å². The van der Waals surface area contributed by atoms with E-state index in [9.17, 15) is 13.2 Å². The first-order chi connectivity index (χ1) is 7.98. The summed E-state index contributed by atoms with van der Waals surface area (Å²) in [6.45, 7) is 2.17. The molecule has 0 aliphatic rings. The largest absolute Gasteiger partial charge is 0.480 e. The van der Waals surface area contributed by atoms with Crippen molar-refractivity contribution in [3.8, 4) is 0 Å². The summed E-state index contributed by atoms with van der Waals surface area (Å²) in [5.74, 6) is -1.98. The van der Waals surface area contributed by atoms with Crippen LogP contribution < -0.4 is 0 Å². The Bertz CT molecular complexity index is 296. The lowest BCUT2D eigenvalue weighted by Gasteiger charge is -2.02. The van der Waals surface area contributed by atoms with Crippen molar-refractivity contribution in [3.63, 3.8) is 0 Å². The number of carboxylic acids is 1. The molecule has 4 nitrogen and oxygen atoms in total. The summed E-state index contributed by atoms with van der Waals surface area (Å²) in [5, 5.41) is 8.39. The highest BCUT2D eigenvalue weighted by Crippen LogP contribution is 2.09. The predicted molar refractivity (Wildman–Crippen MR) is 68.9 cm³/mol. The third-order valence-corrected chi connectivity index (χ3v) is 4.25. The van der Waals surface area contributed by atoms with Gasteiger partial charge in [-0.05, 0) is 6.42 Å². The molecule has 0 aliphatic heterocycles. The Morgan fingerprint density at radius 3 is 1.88 bits per heavy atom. The third-order valence-electron chi connectivity index (χ3n) is 2.65. The fraction of sp³-hybridized carbons (Fsp3) is 0.917. The molecule has 0 amide bonds. The molecular formula is C12H24O4S. The maximum absolute atomic E-state index is 11.2. The van der Waals surface area contributed by atoms with Crippen molar-refractivity contribution in [2.24, 2.45) is 0 Å². The third kappa shape index (κ3) is 11.7. The fourth-order valence-corrected chi connectivity index (χ4v) is 2.88. The minimum Gasteiger partial charge on any atom is -0.480 e. The number of carbonyl (C=O) groups is 1. The zero-order chi connectivity index (χ0) is 13.1. The van der Waals surface area contributed by atoms with Crippen LogP contribution in [-0.2, 0) is 14.6 Å². The highest BCUT2D eigenvalue weighted by atomic mass is 32.2. The van der Waals surface area contributed by atoms with E-state index in [1.54, 1.807) is 0 Å². The van der Waals surface area contributed by atoms with Crippen LogP contribution in [0.5, 0.6) is 0 Å². The molecule has 0 rings (SSSR count). The van der Waals surface area contributed by atoms with Crippen molar-refractivity contribution in [2.45, 2.75) is 58.3 Å². The Balaban J connectivity index is 3.42. The zero-order valence-corrected chi connectivity index (χ0v) is 11.5. The van der Waals surface area contributed by atoms with E-state index in [1.807, 2.05) is 0 Å². The molecule has 0 saturated carbocycles. The van der Waals surface area contributed by atoms with Gasteiger partial charge in [0.1, 0.15) is 5.75 Å². The van der Waals surface area contributed by atoms with E-state index in [4.69, 9.17) is 5.11 Å². The Hall–Kier alpha value is -0.580. The molecule has 0 saturated heterocycles. The van der Waals surface area contributed by atoms with Crippen LogP contribution in [0.1, 0.15) is 58.3 Å². The van der Waals surface area contributed by atoms with E-state index < -0.39 is 21.6 Å². The van der Waals surface area contributed by atoms with Gasteiger partial charge in [0.25, 0.3) is 0 Å². The molecular weight excluding hydrogens is 240 g/mol. The average molecular weight is 264 g/mol. The molecule has 0 aromatic carbocycles. The lowest BCUT2D eigenvalue weighted by atomic mass is 10.1. The zero-order valence-electron chi connectivity index (χ0n) is 10.7. The second-order valence-electron chi connectivity index (χ2n) is 4.46. The SMILES string of the molecule is CCCCCCCCCCS(=O)(=O)CC(=O)O. The average Bonchev–Trinajstić information content (AvgIpc) is 2.20. The number of unbranched alkanes of at least 4 members (excludes halogenated alkanes) is 7. The smallest absolute Gasteiger partial charge is 0.318 e. The van der Waals surface area contributed by atoms with Crippen LogP contribution in [0.15, 0.2) is 0 Å². The molecule has 0 aliphatic carbocycles. The molecule has 0 radical (unpaired) electrons. The summed E-state index contributed by atoms with van der Waals surface area (Å²) in [6.07, 6.45) is 8.64. The van der Waals surface area contributed by atoms with E-state index in [1.165, 1.54) is 25.7 Å². The first-order valence-corrected chi connectivity index (χ1v) is 8.22. The molecule has 0 heterocycles. The number of rotatable bonds is 11. The number of carboxylic acid groups (broad SMARTS) is 1. The van der Waals surface area contributed by atoms with Crippen LogP contribution in [0.25, 0.3) is 0 Å². The Kier molecular flexibility index (Phi) is 9.13. The van der Waals surface area contributed by atoms with Gasteiger partial charge < -0.3 is 5.11 Å². The topological polar surface area (TPSA) is 71.4 Å². The summed E-state index contributed by atoms with van der Waals surface area (Å²) in [6, 6.07) is 0. The molecule has 102 valence electrons. The van der Waals surface area contributed by atoms with Gasteiger partial charge in [-0.3, -0.25) is 4.79 Å². The van der Waals surface area contributed by atoms with Crippen LogP contribution in [-0.4, -0.2) is 31.0 Å². The molecule has 0 bridgehead atoms. The van der Waals surface area contributed by atoms with Crippen molar-refractivity contribution in [2.75, 3.05) is 11.5 Å². The normalized spacial score (nSPS) is 11.6. The van der Waals surface area contributed by atoms with Gasteiger partial charge in [-0.1, -0.05) is 51.9 Å². The van der Waals surface area contributed by atoms with Gasteiger partial charge >= 0.3 is 5.97 Å². The summed E-state index contributed by atoms with van der Waals surface area (Å²) in [7, 11) is -3.38. The highest BCUT2D eigenvalue weighted by Gasteiger charge is 2.14. The van der Waals surface area contributed by atoms with E-state index in [2.05, 4.69) is 6.92 Å². The first-order valence-electron chi connectivity index (χ1n) is 6.40. The van der Waals surface area contributed by atoms with Gasteiger partial charge in [-0.15, -0.1) is 0 Å². The lowest BCUT2D eigenvalue weighted by Crippen LogP contribution is -2.18. The van der Waals surface area contributed by atoms with E-state index in [0.717, 1.165) is 19.3 Å². The van der Waals surface area contributed by atoms with Gasteiger partial charge in [0, 0.05) is 0 Å². The van der Waals surface area contributed by atoms with Gasteiger partial charge in [0.2, 0.25) is 0 Å². The molecule has 0 atom stereocenters. The summed E-state index contributed by atoms with van der Waals surface area (Å²) in [4.78, 5) is 10.3. The van der Waals surface area contributed by atoms with E-state index in [0.29, 0.717) is 6.42 Å². The molecule has 0 fully saturated rings. The van der Waals surface area contributed by atoms with Crippen molar-refractivity contribution >= 4 is 15.8 Å². The van der Waals surface area contributed by atoms with E-state index in [-0.39, 0.29) is 5.75 Å². The molecule has 5 heteroatoms. The maximum Gasteiger partial charge on any atom is 0.318 e. The molecule has 17 heavy (non-hydrogen) atoms. The van der Waals surface area contributed by atoms with Crippen LogP contribution in [0.4, 0.5) is 0 Å². The molecule has 0 unspecified atom stereocenters. The Labute approximate surface area is 104 Å². The number of sulfone groups is 1. The number of hydrogen-bond acceptors (Lipinski definition) is 3. The van der Waals surface area contributed by atoms with Gasteiger partial charge in [-0.25, -0.2) is 8.42 Å². The monoisotopic (exact) mass is 264 g/mol. The van der Waals surface area contributed by atoms with Crippen LogP contribution in [0, 0.1) is 0 Å². The summed E-state index contributed by atoms with van der Waals surface area (Å²) < 4.78 is 22.5. The van der Waals surface area contributed by atoms with Gasteiger partial charge in [0.05, 0.1) is 5.75 Å². The Morgan fingerprint density at radius 2 is 1.41 bits per heavy atom. The maximum atomic E-state index is 11.2. The van der Waals surface area contributed by atoms with Crippen LogP contribution in [0.2, 0.25) is 0 Å². The summed E-state index contributed by atoms with van der Waals surface area (Å²) in [5.41, 5.74) is 0. The second-order valence-corrected chi connectivity index (χ2v) is 6.64. The quantitative estimate of drug-likeness (QED) is 0.582. The van der Waals surface area contributed by atoms with Gasteiger partial charge in [-0.2, -0.15) is 0 Å². The highest BCUT2D eigenvalue weighted by molar-refractivity contribution is 7.92. The fourth-order valence-electron chi connectivity index (χ4n) is 1.72. The predicted octanol–water partition coefficient (Wildman–Crippen LogP) is 2.63. The second kappa shape index (κ2) is 9.45.